The lowest BCUT2D eigenvalue weighted by Crippen LogP contribution is -2.16. The number of nitrogens with zero attached hydrogens (tertiary/aromatic N) is 1. The molecule has 0 aliphatic carbocycles. The Morgan fingerprint density at radius 3 is 2.81 bits per heavy atom. The summed E-state index contributed by atoms with van der Waals surface area (Å²) in [6, 6.07) is 6.25. The van der Waals surface area contributed by atoms with Gasteiger partial charge in [-0.1, -0.05) is 11.8 Å². The van der Waals surface area contributed by atoms with Crippen molar-refractivity contribution in [1.82, 2.24) is 9.97 Å². The number of aromatic nitrogens is 2. The number of carbonyl (C=O) groups excluding carboxylic acids is 1. The van der Waals surface area contributed by atoms with E-state index in [4.69, 9.17) is 11.5 Å². The molecule has 1 heterocycles. The van der Waals surface area contributed by atoms with Crippen molar-refractivity contribution < 1.29 is 4.79 Å². The summed E-state index contributed by atoms with van der Waals surface area (Å²) in [6.07, 6.45) is 0. The van der Waals surface area contributed by atoms with Gasteiger partial charge in [0.1, 0.15) is 5.82 Å². The number of hydrogen-bond donors (Lipinski definition) is 4. The molecular weight excluding hydrogens is 358 g/mol. The molecule has 0 saturated heterocycles. The minimum Gasteiger partial charge on any atom is -0.399 e. The van der Waals surface area contributed by atoms with Gasteiger partial charge < -0.3 is 21.8 Å². The molecule has 0 saturated carbocycles. The highest BCUT2D eigenvalue weighted by molar-refractivity contribution is 9.10. The smallest absolute Gasteiger partial charge is 0.253 e. The first-order valence-corrected chi connectivity index (χ1v) is 7.56. The van der Waals surface area contributed by atoms with Crippen LogP contribution in [0.15, 0.2) is 38.7 Å². The van der Waals surface area contributed by atoms with E-state index in [1.165, 1.54) is 6.07 Å². The Morgan fingerprint density at radius 1 is 1.38 bits per heavy atom. The van der Waals surface area contributed by atoms with Crippen molar-refractivity contribution in [3.63, 3.8) is 0 Å². The van der Waals surface area contributed by atoms with Gasteiger partial charge in [-0.3, -0.25) is 9.59 Å². The molecule has 2 rings (SSSR count). The third-order valence-corrected chi connectivity index (χ3v) is 3.88. The predicted molar refractivity (Wildman–Crippen MR) is 87.2 cm³/mol. The molecule has 0 atom stereocenters. The summed E-state index contributed by atoms with van der Waals surface area (Å²) in [5.74, 6) is -0.0399. The molecule has 110 valence electrons. The SMILES string of the molecule is Nc1ccc(NC(=O)CSc2nc(N)cc(=O)[nH]2)c(Br)c1. The summed E-state index contributed by atoms with van der Waals surface area (Å²) < 4.78 is 0.691. The zero-order valence-corrected chi connectivity index (χ0v) is 13.1. The lowest BCUT2D eigenvalue weighted by Gasteiger charge is -2.07. The average molecular weight is 370 g/mol. The van der Waals surface area contributed by atoms with Crippen LogP contribution >= 0.6 is 27.7 Å². The number of thioether (sulfide) groups is 1. The maximum absolute atomic E-state index is 11.9. The van der Waals surface area contributed by atoms with E-state index in [0.717, 1.165) is 11.8 Å². The Hall–Kier alpha value is -2.00. The van der Waals surface area contributed by atoms with Crippen LogP contribution in [-0.2, 0) is 4.79 Å². The number of carbonyl (C=O) groups is 1. The largest absolute Gasteiger partial charge is 0.399 e. The molecule has 9 heteroatoms. The number of aromatic amines is 1. The van der Waals surface area contributed by atoms with E-state index in [2.05, 4.69) is 31.2 Å². The number of hydrogen-bond acceptors (Lipinski definition) is 6. The van der Waals surface area contributed by atoms with Gasteiger partial charge in [-0.2, -0.15) is 0 Å². The van der Waals surface area contributed by atoms with Crippen LogP contribution in [0.1, 0.15) is 0 Å². The molecule has 0 spiro atoms. The highest BCUT2D eigenvalue weighted by Gasteiger charge is 2.08. The Balaban J connectivity index is 1.97. The average Bonchev–Trinajstić information content (AvgIpc) is 2.39. The maximum Gasteiger partial charge on any atom is 0.253 e. The van der Waals surface area contributed by atoms with Crippen molar-refractivity contribution in [3.8, 4) is 0 Å². The fourth-order valence-corrected chi connectivity index (χ4v) is 2.65. The number of anilines is 3. The number of benzene rings is 1. The van der Waals surface area contributed by atoms with Crippen LogP contribution in [0.3, 0.4) is 0 Å². The van der Waals surface area contributed by atoms with Gasteiger partial charge >= 0.3 is 0 Å². The quantitative estimate of drug-likeness (QED) is 0.366. The standard InChI is InChI=1S/C12H12BrN5O2S/c13-7-3-6(14)1-2-8(7)16-11(20)5-21-12-17-9(15)4-10(19)18-12/h1-4H,5,14H2,(H,16,20)(H3,15,17,18,19). The van der Waals surface area contributed by atoms with Gasteiger partial charge in [-0.05, 0) is 34.1 Å². The van der Waals surface area contributed by atoms with Crippen molar-refractivity contribution in [2.24, 2.45) is 0 Å². The first-order chi connectivity index (χ1) is 9.94. The second-order valence-electron chi connectivity index (χ2n) is 4.05. The minimum absolute atomic E-state index is 0.0865. The molecular formula is C12H12BrN5O2S. The molecule has 6 N–H and O–H groups in total. The van der Waals surface area contributed by atoms with Crippen LogP contribution in [0, 0.1) is 0 Å². The van der Waals surface area contributed by atoms with E-state index in [-0.39, 0.29) is 23.0 Å². The third-order valence-electron chi connectivity index (χ3n) is 2.35. The van der Waals surface area contributed by atoms with E-state index in [0.29, 0.717) is 21.0 Å². The molecule has 0 bridgehead atoms. The van der Waals surface area contributed by atoms with Crippen LogP contribution < -0.4 is 22.3 Å². The minimum atomic E-state index is -0.355. The molecule has 0 unspecified atom stereocenters. The van der Waals surface area contributed by atoms with E-state index < -0.39 is 0 Å². The highest BCUT2D eigenvalue weighted by atomic mass is 79.9. The normalized spacial score (nSPS) is 10.3. The van der Waals surface area contributed by atoms with Crippen LogP contribution in [0.4, 0.5) is 17.2 Å². The molecule has 0 aliphatic heterocycles. The Bertz CT molecular complexity index is 734. The third kappa shape index (κ3) is 4.50. The number of halogens is 1. The Morgan fingerprint density at radius 2 is 2.14 bits per heavy atom. The second-order valence-corrected chi connectivity index (χ2v) is 5.87. The lowest BCUT2D eigenvalue weighted by atomic mass is 10.3. The van der Waals surface area contributed by atoms with Crippen LogP contribution in [0.25, 0.3) is 0 Å². The Kier molecular flexibility index (Phi) is 4.86. The molecule has 1 aromatic carbocycles. The van der Waals surface area contributed by atoms with Crippen molar-refractivity contribution in [3.05, 3.63) is 39.1 Å². The van der Waals surface area contributed by atoms with Crippen molar-refractivity contribution in [2.75, 3.05) is 22.5 Å². The maximum atomic E-state index is 11.9. The van der Waals surface area contributed by atoms with Gasteiger partial charge in [0, 0.05) is 16.2 Å². The van der Waals surface area contributed by atoms with Gasteiger partial charge in [-0.25, -0.2) is 4.98 Å². The number of nitrogen functional groups attached to an aromatic ring is 2. The van der Waals surface area contributed by atoms with Gasteiger partial charge in [-0.15, -0.1) is 0 Å². The molecule has 0 aliphatic rings. The van der Waals surface area contributed by atoms with Crippen LogP contribution in [-0.4, -0.2) is 21.6 Å². The van der Waals surface area contributed by atoms with Crippen LogP contribution in [0.2, 0.25) is 0 Å². The molecule has 1 amide bonds. The predicted octanol–water partition coefficient (Wildman–Crippen LogP) is 1.43. The summed E-state index contributed by atoms with van der Waals surface area (Å²) in [5.41, 5.74) is 11.9. The highest BCUT2D eigenvalue weighted by Crippen LogP contribution is 2.25. The number of H-pyrrole nitrogens is 1. The summed E-state index contributed by atoms with van der Waals surface area (Å²) in [7, 11) is 0. The van der Waals surface area contributed by atoms with Crippen molar-refractivity contribution in [1.29, 1.82) is 0 Å². The molecule has 21 heavy (non-hydrogen) atoms. The van der Waals surface area contributed by atoms with E-state index >= 15 is 0 Å². The van der Waals surface area contributed by atoms with Gasteiger partial charge in [0.15, 0.2) is 5.16 Å². The first kappa shape index (κ1) is 15.4. The fraction of sp³-hybridized carbons (Fsp3) is 0.0833. The summed E-state index contributed by atoms with van der Waals surface area (Å²) in [5, 5.41) is 3.02. The van der Waals surface area contributed by atoms with Gasteiger partial charge in [0.25, 0.3) is 5.56 Å². The second kappa shape index (κ2) is 6.64. The molecule has 7 nitrogen and oxygen atoms in total. The van der Waals surface area contributed by atoms with Crippen molar-refractivity contribution in [2.45, 2.75) is 5.16 Å². The number of nitrogens with two attached hydrogens (primary N) is 2. The fourth-order valence-electron chi connectivity index (χ4n) is 1.47. The summed E-state index contributed by atoms with van der Waals surface area (Å²) >= 11 is 4.40. The van der Waals surface area contributed by atoms with Gasteiger partial charge in [0.05, 0.1) is 11.4 Å². The topological polar surface area (TPSA) is 127 Å². The zero-order chi connectivity index (χ0) is 15.4. The first-order valence-electron chi connectivity index (χ1n) is 5.78. The van der Waals surface area contributed by atoms with Crippen molar-refractivity contribution >= 4 is 50.8 Å². The van der Waals surface area contributed by atoms with E-state index in [1.807, 2.05) is 0 Å². The molecule has 0 radical (unpaired) electrons. The van der Waals surface area contributed by atoms with Crippen LogP contribution in [0.5, 0.6) is 0 Å². The molecule has 0 fully saturated rings. The summed E-state index contributed by atoms with van der Waals surface area (Å²) in [4.78, 5) is 29.5. The van der Waals surface area contributed by atoms with Gasteiger partial charge in [0.2, 0.25) is 5.91 Å². The zero-order valence-electron chi connectivity index (χ0n) is 10.7. The lowest BCUT2D eigenvalue weighted by molar-refractivity contribution is -0.113. The monoisotopic (exact) mass is 369 g/mol. The molecule has 2 aromatic rings. The Labute approximate surface area is 132 Å². The van der Waals surface area contributed by atoms with E-state index in [9.17, 15) is 9.59 Å². The number of amides is 1. The summed E-state index contributed by atoms with van der Waals surface area (Å²) in [6.45, 7) is 0. The van der Waals surface area contributed by atoms with E-state index in [1.54, 1.807) is 18.2 Å². The number of nitrogens with one attached hydrogen (secondary N) is 2. The molecule has 1 aromatic heterocycles. The number of rotatable bonds is 4.